The van der Waals surface area contributed by atoms with Gasteiger partial charge in [-0.15, -0.1) is 0 Å². The Kier molecular flexibility index (Phi) is 45.7. The number of unbranched alkanes of at least 4 members (excludes halogenated alkanes) is 32. The Labute approximate surface area is 374 Å². The normalized spacial score (nSPS) is 12.5. The third-order valence-corrected chi connectivity index (χ3v) is 12.6. The standard InChI is InChI=1S/C54H104O6/c1-6-8-9-10-11-12-13-18-23-26-29-36-41-46-54(57)60-51(48-59-53(56)45-40-35-31-30-33-38-43-50(5)7-2)47-58-52(55)44-39-34-28-25-22-20-17-15-14-16-19-21-24-27-32-37-42-49(3)4/h49-51H,6-48H2,1-5H3/t50?,51-/m0/s1. The summed E-state index contributed by atoms with van der Waals surface area (Å²) in [6.45, 7) is 11.4. The van der Waals surface area contributed by atoms with Crippen LogP contribution >= 0.6 is 0 Å². The fourth-order valence-electron chi connectivity index (χ4n) is 8.13. The van der Waals surface area contributed by atoms with Crippen molar-refractivity contribution in [2.75, 3.05) is 13.2 Å². The maximum atomic E-state index is 12.8. The minimum atomic E-state index is -0.762. The van der Waals surface area contributed by atoms with Crippen LogP contribution in [0.3, 0.4) is 0 Å². The van der Waals surface area contributed by atoms with E-state index in [0.29, 0.717) is 19.3 Å². The topological polar surface area (TPSA) is 78.9 Å². The lowest BCUT2D eigenvalue weighted by Gasteiger charge is -2.18. The van der Waals surface area contributed by atoms with Crippen molar-refractivity contribution in [1.29, 1.82) is 0 Å². The molecule has 0 aliphatic carbocycles. The Morgan fingerprint density at radius 3 is 0.950 bits per heavy atom. The highest BCUT2D eigenvalue weighted by atomic mass is 16.6. The Bertz CT molecular complexity index is 918. The van der Waals surface area contributed by atoms with Gasteiger partial charge in [0, 0.05) is 19.3 Å². The SMILES string of the molecule is CCCCCCCCCCCCCCCC(=O)O[C@@H](COC(=O)CCCCCCCCCCCCCCCCCCC(C)C)COC(=O)CCCCCCCCC(C)CC. The fraction of sp³-hybridized carbons (Fsp3) is 0.944. The number of esters is 3. The van der Waals surface area contributed by atoms with Crippen molar-refractivity contribution in [1.82, 2.24) is 0 Å². The van der Waals surface area contributed by atoms with E-state index in [-0.39, 0.29) is 31.1 Å². The third-order valence-electron chi connectivity index (χ3n) is 12.6. The fourth-order valence-corrected chi connectivity index (χ4v) is 8.13. The molecule has 0 fully saturated rings. The van der Waals surface area contributed by atoms with Crippen LogP contribution in [0.5, 0.6) is 0 Å². The second kappa shape index (κ2) is 46.9. The summed E-state index contributed by atoms with van der Waals surface area (Å²) in [5.41, 5.74) is 0. The van der Waals surface area contributed by atoms with Gasteiger partial charge < -0.3 is 14.2 Å². The molecule has 0 spiro atoms. The highest BCUT2D eigenvalue weighted by Crippen LogP contribution is 2.18. The molecule has 6 nitrogen and oxygen atoms in total. The molecule has 0 aromatic carbocycles. The highest BCUT2D eigenvalue weighted by molar-refractivity contribution is 5.71. The largest absolute Gasteiger partial charge is 0.462 e. The summed E-state index contributed by atoms with van der Waals surface area (Å²) in [5.74, 6) is 0.819. The van der Waals surface area contributed by atoms with Crippen LogP contribution in [0.2, 0.25) is 0 Å². The lowest BCUT2D eigenvalue weighted by atomic mass is 10.00. The van der Waals surface area contributed by atoms with E-state index >= 15 is 0 Å². The first-order chi connectivity index (χ1) is 29.3. The van der Waals surface area contributed by atoms with Crippen LogP contribution in [-0.4, -0.2) is 37.2 Å². The van der Waals surface area contributed by atoms with Gasteiger partial charge in [-0.2, -0.15) is 0 Å². The van der Waals surface area contributed by atoms with Crippen LogP contribution in [0.1, 0.15) is 298 Å². The van der Waals surface area contributed by atoms with Gasteiger partial charge in [0.15, 0.2) is 6.10 Å². The number of carbonyl (C=O) groups excluding carboxylic acids is 3. The molecule has 60 heavy (non-hydrogen) atoms. The average Bonchev–Trinajstić information content (AvgIpc) is 3.23. The van der Waals surface area contributed by atoms with Crippen molar-refractivity contribution in [3.63, 3.8) is 0 Å². The van der Waals surface area contributed by atoms with E-state index in [4.69, 9.17) is 14.2 Å². The predicted octanol–water partition coefficient (Wildman–Crippen LogP) is 17.3. The number of hydrogen-bond donors (Lipinski definition) is 0. The van der Waals surface area contributed by atoms with Gasteiger partial charge in [0.25, 0.3) is 0 Å². The Morgan fingerprint density at radius 2 is 0.633 bits per heavy atom. The molecule has 0 saturated carbocycles. The predicted molar refractivity (Wildman–Crippen MR) is 256 cm³/mol. The summed E-state index contributed by atoms with van der Waals surface area (Å²) in [6, 6.07) is 0. The quantitative estimate of drug-likeness (QED) is 0.0345. The first-order valence-electron chi connectivity index (χ1n) is 26.8. The van der Waals surface area contributed by atoms with Gasteiger partial charge in [0.2, 0.25) is 0 Å². The maximum absolute atomic E-state index is 12.8. The molecular weight excluding hydrogens is 745 g/mol. The molecule has 0 aromatic rings. The third kappa shape index (κ3) is 45.9. The zero-order chi connectivity index (χ0) is 44.0. The molecule has 0 radical (unpaired) electrons. The van der Waals surface area contributed by atoms with E-state index in [9.17, 15) is 14.4 Å². The lowest BCUT2D eigenvalue weighted by molar-refractivity contribution is -0.167. The number of rotatable bonds is 48. The van der Waals surface area contributed by atoms with Crippen molar-refractivity contribution in [2.24, 2.45) is 11.8 Å². The molecule has 0 aliphatic heterocycles. The monoisotopic (exact) mass is 849 g/mol. The molecule has 356 valence electrons. The summed E-state index contributed by atoms with van der Waals surface area (Å²) >= 11 is 0. The Hall–Kier alpha value is -1.59. The van der Waals surface area contributed by atoms with Gasteiger partial charge in [-0.1, -0.05) is 259 Å². The molecule has 0 heterocycles. The van der Waals surface area contributed by atoms with Gasteiger partial charge in [-0.25, -0.2) is 0 Å². The second-order valence-electron chi connectivity index (χ2n) is 19.2. The molecule has 1 unspecified atom stereocenters. The Balaban J connectivity index is 4.24. The molecule has 6 heteroatoms. The molecule has 0 N–H and O–H groups in total. The zero-order valence-electron chi connectivity index (χ0n) is 41.1. The van der Waals surface area contributed by atoms with E-state index in [1.165, 1.54) is 186 Å². The first kappa shape index (κ1) is 58.4. The van der Waals surface area contributed by atoms with Gasteiger partial charge in [-0.3, -0.25) is 14.4 Å². The lowest BCUT2D eigenvalue weighted by Crippen LogP contribution is -2.30. The van der Waals surface area contributed by atoms with Crippen LogP contribution in [0.4, 0.5) is 0 Å². The minimum Gasteiger partial charge on any atom is -0.462 e. The van der Waals surface area contributed by atoms with E-state index in [0.717, 1.165) is 69.6 Å². The van der Waals surface area contributed by atoms with E-state index in [2.05, 4.69) is 34.6 Å². The molecular formula is C54H104O6. The van der Waals surface area contributed by atoms with Crippen molar-refractivity contribution < 1.29 is 28.6 Å². The molecule has 0 bridgehead atoms. The van der Waals surface area contributed by atoms with Crippen molar-refractivity contribution in [2.45, 2.75) is 304 Å². The van der Waals surface area contributed by atoms with Crippen molar-refractivity contribution in [3.05, 3.63) is 0 Å². The van der Waals surface area contributed by atoms with Gasteiger partial charge in [-0.05, 0) is 31.1 Å². The molecule has 2 atom stereocenters. The Morgan fingerprint density at radius 1 is 0.350 bits per heavy atom. The van der Waals surface area contributed by atoms with E-state index < -0.39 is 6.10 Å². The minimum absolute atomic E-state index is 0.0639. The van der Waals surface area contributed by atoms with Crippen LogP contribution in [0.15, 0.2) is 0 Å². The molecule has 0 amide bonds. The first-order valence-corrected chi connectivity index (χ1v) is 26.8. The highest BCUT2D eigenvalue weighted by Gasteiger charge is 2.19. The molecule has 0 aliphatic rings. The summed E-state index contributed by atoms with van der Waals surface area (Å²) in [4.78, 5) is 37.9. The molecule has 0 saturated heterocycles. The molecule has 0 rings (SSSR count). The summed E-state index contributed by atoms with van der Waals surface area (Å²) in [5, 5.41) is 0. The number of ether oxygens (including phenoxy) is 3. The van der Waals surface area contributed by atoms with E-state index in [1.807, 2.05) is 0 Å². The summed E-state index contributed by atoms with van der Waals surface area (Å²) in [6.07, 6.45) is 48.1. The second-order valence-corrected chi connectivity index (χ2v) is 19.2. The molecule has 0 aromatic heterocycles. The summed E-state index contributed by atoms with van der Waals surface area (Å²) in [7, 11) is 0. The van der Waals surface area contributed by atoms with Crippen molar-refractivity contribution >= 4 is 17.9 Å². The maximum Gasteiger partial charge on any atom is 0.306 e. The van der Waals surface area contributed by atoms with Gasteiger partial charge in [0.1, 0.15) is 13.2 Å². The van der Waals surface area contributed by atoms with Crippen LogP contribution in [-0.2, 0) is 28.6 Å². The van der Waals surface area contributed by atoms with Crippen molar-refractivity contribution in [3.8, 4) is 0 Å². The van der Waals surface area contributed by atoms with E-state index in [1.54, 1.807) is 0 Å². The van der Waals surface area contributed by atoms with Crippen LogP contribution in [0, 0.1) is 11.8 Å². The number of hydrogen-bond acceptors (Lipinski definition) is 6. The van der Waals surface area contributed by atoms with Crippen LogP contribution < -0.4 is 0 Å². The smallest absolute Gasteiger partial charge is 0.306 e. The van der Waals surface area contributed by atoms with Gasteiger partial charge >= 0.3 is 17.9 Å². The van der Waals surface area contributed by atoms with Gasteiger partial charge in [0.05, 0.1) is 0 Å². The summed E-state index contributed by atoms with van der Waals surface area (Å²) < 4.78 is 16.8. The number of carbonyl (C=O) groups is 3. The zero-order valence-corrected chi connectivity index (χ0v) is 41.1. The average molecular weight is 849 g/mol. The van der Waals surface area contributed by atoms with Crippen LogP contribution in [0.25, 0.3) is 0 Å².